The van der Waals surface area contributed by atoms with Crippen LogP contribution in [0.5, 0.6) is 5.75 Å². The number of nitrogens with zero attached hydrogens (tertiary/aromatic N) is 3. The second-order valence-electron chi connectivity index (χ2n) is 6.62. The van der Waals surface area contributed by atoms with Crippen LogP contribution in [0.4, 0.5) is 0 Å². The normalized spacial score (nSPS) is 16.5. The zero-order valence-electron chi connectivity index (χ0n) is 14.9. The van der Waals surface area contributed by atoms with E-state index in [2.05, 4.69) is 40.7 Å². The van der Waals surface area contributed by atoms with Crippen molar-refractivity contribution in [3.8, 4) is 11.8 Å². The third-order valence-corrected chi connectivity index (χ3v) is 5.11. The molecule has 0 bridgehead atoms. The lowest BCUT2D eigenvalue weighted by molar-refractivity contribution is -0.133. The van der Waals surface area contributed by atoms with Crippen molar-refractivity contribution >= 4 is 21.8 Å². The Bertz CT molecular complexity index is 607. The van der Waals surface area contributed by atoms with E-state index in [-0.39, 0.29) is 11.9 Å². The molecule has 1 amide bonds. The van der Waals surface area contributed by atoms with Gasteiger partial charge in [0.05, 0.1) is 17.1 Å². The van der Waals surface area contributed by atoms with Gasteiger partial charge in [0.2, 0.25) is 5.91 Å². The van der Waals surface area contributed by atoms with Crippen LogP contribution in [-0.2, 0) is 4.79 Å². The fourth-order valence-electron chi connectivity index (χ4n) is 3.03. The van der Waals surface area contributed by atoms with Crippen LogP contribution in [0.25, 0.3) is 0 Å². The molecule has 2 rings (SSSR count). The van der Waals surface area contributed by atoms with Crippen LogP contribution in [0.1, 0.15) is 26.7 Å². The first-order chi connectivity index (χ1) is 12.0. The number of ether oxygens (including phenoxy) is 1. The minimum atomic E-state index is -0.0602. The summed E-state index contributed by atoms with van der Waals surface area (Å²) in [5, 5.41) is 9.29. The van der Waals surface area contributed by atoms with Crippen molar-refractivity contribution in [2.75, 3.05) is 32.8 Å². The van der Waals surface area contributed by atoms with Crippen molar-refractivity contribution in [1.82, 2.24) is 9.80 Å². The van der Waals surface area contributed by atoms with Gasteiger partial charge < -0.3 is 9.64 Å². The molecule has 5 nitrogen and oxygen atoms in total. The summed E-state index contributed by atoms with van der Waals surface area (Å²) in [4.78, 5) is 16.4. The maximum absolute atomic E-state index is 12.3. The molecule has 0 spiro atoms. The number of carbonyl (C=O) groups excluding carboxylic acids is 1. The Balaban J connectivity index is 1.69. The highest BCUT2D eigenvalue weighted by atomic mass is 79.9. The molecule has 6 heteroatoms. The van der Waals surface area contributed by atoms with Crippen molar-refractivity contribution in [3.05, 3.63) is 28.7 Å². The van der Waals surface area contributed by atoms with Gasteiger partial charge in [0, 0.05) is 32.6 Å². The second-order valence-corrected chi connectivity index (χ2v) is 7.47. The van der Waals surface area contributed by atoms with Crippen molar-refractivity contribution < 1.29 is 9.53 Å². The van der Waals surface area contributed by atoms with E-state index in [9.17, 15) is 10.1 Å². The van der Waals surface area contributed by atoms with E-state index < -0.39 is 0 Å². The molecule has 1 aliphatic rings. The molecule has 1 aromatic rings. The SMILES string of the molecule is CC(C)C(C#N)N1CCN(C(=O)CCCOc2ccccc2Br)CC1. The Labute approximate surface area is 158 Å². The monoisotopic (exact) mass is 407 g/mol. The third kappa shape index (κ3) is 5.72. The Kier molecular flexibility index (Phi) is 7.73. The Morgan fingerprint density at radius 3 is 2.56 bits per heavy atom. The molecule has 1 aromatic carbocycles. The van der Waals surface area contributed by atoms with E-state index in [4.69, 9.17) is 4.74 Å². The fraction of sp³-hybridized carbons (Fsp3) is 0.579. The fourth-order valence-corrected chi connectivity index (χ4v) is 3.43. The van der Waals surface area contributed by atoms with Gasteiger partial charge in [-0.3, -0.25) is 9.69 Å². The van der Waals surface area contributed by atoms with E-state index in [0.717, 1.165) is 23.3 Å². The molecule has 25 heavy (non-hydrogen) atoms. The molecule has 1 aliphatic heterocycles. The number of piperazine rings is 1. The van der Waals surface area contributed by atoms with Gasteiger partial charge >= 0.3 is 0 Å². The lowest BCUT2D eigenvalue weighted by Crippen LogP contribution is -2.52. The van der Waals surface area contributed by atoms with Gasteiger partial charge in [-0.15, -0.1) is 0 Å². The molecule has 1 unspecified atom stereocenters. The Hall–Kier alpha value is -1.58. The van der Waals surface area contributed by atoms with E-state index in [1.807, 2.05) is 29.2 Å². The summed E-state index contributed by atoms with van der Waals surface area (Å²) >= 11 is 3.45. The van der Waals surface area contributed by atoms with E-state index in [1.165, 1.54) is 0 Å². The molecule has 0 aromatic heterocycles. The second kappa shape index (κ2) is 9.79. The quantitative estimate of drug-likeness (QED) is 0.650. The molecular formula is C19H26BrN3O2. The van der Waals surface area contributed by atoms with Gasteiger partial charge in [0.25, 0.3) is 0 Å². The molecule has 136 valence electrons. The zero-order valence-corrected chi connectivity index (χ0v) is 16.5. The topological polar surface area (TPSA) is 56.6 Å². The standard InChI is InChI=1S/C19H26BrN3O2/c1-15(2)17(14-21)22-9-11-23(12-10-22)19(24)8-5-13-25-18-7-4-3-6-16(18)20/h3-4,6-7,15,17H,5,8-13H2,1-2H3. The zero-order chi connectivity index (χ0) is 18.2. The first kappa shape index (κ1) is 19.7. The molecule has 0 radical (unpaired) electrons. The summed E-state index contributed by atoms with van der Waals surface area (Å²) in [6.45, 7) is 7.61. The predicted octanol–water partition coefficient (Wildman–Crippen LogP) is 3.30. The third-order valence-electron chi connectivity index (χ3n) is 4.45. The first-order valence-corrected chi connectivity index (χ1v) is 9.61. The summed E-state index contributed by atoms with van der Waals surface area (Å²) in [5.74, 6) is 1.29. The maximum atomic E-state index is 12.3. The van der Waals surface area contributed by atoms with Gasteiger partial charge in [0.1, 0.15) is 11.8 Å². The Morgan fingerprint density at radius 1 is 1.28 bits per heavy atom. The lowest BCUT2D eigenvalue weighted by Gasteiger charge is -2.38. The van der Waals surface area contributed by atoms with E-state index in [1.54, 1.807) is 0 Å². The number of amides is 1. The number of nitriles is 1. The summed E-state index contributed by atoms with van der Waals surface area (Å²) in [6, 6.07) is 10.0. The van der Waals surface area contributed by atoms with Crippen LogP contribution < -0.4 is 4.74 Å². The molecule has 0 N–H and O–H groups in total. The molecule has 1 saturated heterocycles. The number of rotatable bonds is 7. The largest absolute Gasteiger partial charge is 0.492 e. The van der Waals surface area contributed by atoms with Crippen LogP contribution in [0.2, 0.25) is 0 Å². The number of halogens is 1. The van der Waals surface area contributed by atoms with Crippen molar-refractivity contribution in [3.63, 3.8) is 0 Å². The minimum Gasteiger partial charge on any atom is -0.492 e. The van der Waals surface area contributed by atoms with Crippen LogP contribution in [-0.4, -0.2) is 54.5 Å². The number of hydrogen-bond acceptors (Lipinski definition) is 4. The van der Waals surface area contributed by atoms with Crippen LogP contribution >= 0.6 is 15.9 Å². The molecular weight excluding hydrogens is 382 g/mol. The van der Waals surface area contributed by atoms with Crippen molar-refractivity contribution in [2.24, 2.45) is 5.92 Å². The van der Waals surface area contributed by atoms with E-state index in [0.29, 0.717) is 38.5 Å². The molecule has 1 heterocycles. The highest BCUT2D eigenvalue weighted by Gasteiger charge is 2.27. The van der Waals surface area contributed by atoms with Gasteiger partial charge in [-0.05, 0) is 40.4 Å². The van der Waals surface area contributed by atoms with Gasteiger partial charge in [-0.1, -0.05) is 26.0 Å². The summed E-state index contributed by atoms with van der Waals surface area (Å²) in [5.41, 5.74) is 0. The molecule has 1 atom stereocenters. The molecule has 1 fully saturated rings. The van der Waals surface area contributed by atoms with Gasteiger partial charge in [0.15, 0.2) is 0 Å². The minimum absolute atomic E-state index is 0.0602. The van der Waals surface area contributed by atoms with Gasteiger partial charge in [-0.25, -0.2) is 0 Å². The van der Waals surface area contributed by atoms with Crippen LogP contribution in [0, 0.1) is 17.2 Å². The van der Waals surface area contributed by atoms with E-state index >= 15 is 0 Å². The number of para-hydroxylation sites is 1. The number of hydrogen-bond donors (Lipinski definition) is 0. The smallest absolute Gasteiger partial charge is 0.222 e. The summed E-state index contributed by atoms with van der Waals surface area (Å²) in [7, 11) is 0. The average molecular weight is 408 g/mol. The number of carbonyl (C=O) groups is 1. The summed E-state index contributed by atoms with van der Waals surface area (Å²) < 4.78 is 6.63. The predicted molar refractivity (Wildman–Crippen MR) is 101 cm³/mol. The highest BCUT2D eigenvalue weighted by Crippen LogP contribution is 2.24. The van der Waals surface area contributed by atoms with Crippen LogP contribution in [0.3, 0.4) is 0 Å². The first-order valence-electron chi connectivity index (χ1n) is 8.81. The Morgan fingerprint density at radius 2 is 1.96 bits per heavy atom. The maximum Gasteiger partial charge on any atom is 0.222 e. The summed E-state index contributed by atoms with van der Waals surface area (Å²) in [6.07, 6.45) is 1.20. The molecule has 0 saturated carbocycles. The van der Waals surface area contributed by atoms with Crippen molar-refractivity contribution in [1.29, 1.82) is 5.26 Å². The highest BCUT2D eigenvalue weighted by molar-refractivity contribution is 9.10. The van der Waals surface area contributed by atoms with Crippen LogP contribution in [0.15, 0.2) is 28.7 Å². The lowest BCUT2D eigenvalue weighted by atomic mass is 10.0. The van der Waals surface area contributed by atoms with Crippen molar-refractivity contribution in [2.45, 2.75) is 32.7 Å². The molecule has 0 aliphatic carbocycles. The van der Waals surface area contributed by atoms with Gasteiger partial charge in [-0.2, -0.15) is 5.26 Å². The average Bonchev–Trinajstić information content (AvgIpc) is 2.61. The number of benzene rings is 1.